The molecule has 2 aromatic rings. The predicted molar refractivity (Wildman–Crippen MR) is 112 cm³/mol. The van der Waals surface area contributed by atoms with Crippen LogP contribution in [0.3, 0.4) is 0 Å². The number of amides is 1. The fourth-order valence-electron chi connectivity index (χ4n) is 2.11. The normalized spacial score (nSPS) is 11.0. The van der Waals surface area contributed by atoms with Crippen LogP contribution in [0.25, 0.3) is 0 Å². The Bertz CT molecular complexity index is 733. The number of carbonyl (C=O) groups is 1. The zero-order chi connectivity index (χ0) is 19.5. The summed E-state index contributed by atoms with van der Waals surface area (Å²) in [7, 11) is 3.45. The fourth-order valence-corrected chi connectivity index (χ4v) is 2.37. The molecule has 0 bridgehead atoms. The molecule has 0 saturated carbocycles. The van der Waals surface area contributed by atoms with Crippen molar-refractivity contribution in [1.82, 2.24) is 15.5 Å². The molecule has 0 atom stereocenters. The van der Waals surface area contributed by atoms with Gasteiger partial charge in [0.05, 0.1) is 19.6 Å². The van der Waals surface area contributed by atoms with E-state index in [1.54, 1.807) is 14.1 Å². The third-order valence-corrected chi connectivity index (χ3v) is 4.17. The predicted octanol–water partition coefficient (Wildman–Crippen LogP) is 2.65. The molecule has 0 spiro atoms. The largest absolute Gasteiger partial charge is 0.492 e. The fraction of sp³-hybridized carbons (Fsp3) is 0.300. The van der Waals surface area contributed by atoms with E-state index < -0.39 is 0 Å². The van der Waals surface area contributed by atoms with Crippen LogP contribution in [0.2, 0.25) is 0 Å². The molecule has 0 saturated heterocycles. The lowest BCUT2D eigenvalue weighted by Gasteiger charge is -2.15. The van der Waals surface area contributed by atoms with E-state index >= 15 is 0 Å². The highest BCUT2D eigenvalue weighted by Gasteiger charge is 2.06. The smallest absolute Gasteiger partial charge is 0.241 e. The highest BCUT2D eigenvalue weighted by atomic mass is 79.9. The number of aliphatic imine (C=N–C) groups is 1. The Kier molecular flexibility index (Phi) is 8.64. The van der Waals surface area contributed by atoms with E-state index in [4.69, 9.17) is 4.74 Å². The molecule has 2 rings (SSSR count). The molecule has 1 amide bonds. The lowest BCUT2D eigenvalue weighted by molar-refractivity contribution is -0.127. The van der Waals surface area contributed by atoms with Gasteiger partial charge in [-0.1, -0.05) is 46.3 Å². The summed E-state index contributed by atoms with van der Waals surface area (Å²) >= 11 is 3.42. The first-order chi connectivity index (χ1) is 13.0. The van der Waals surface area contributed by atoms with Crippen LogP contribution in [-0.2, 0) is 11.3 Å². The van der Waals surface area contributed by atoms with Crippen molar-refractivity contribution in [2.24, 2.45) is 4.99 Å². The minimum atomic E-state index is -0.0197. The number of ether oxygens (including phenoxy) is 1. The van der Waals surface area contributed by atoms with E-state index in [0.29, 0.717) is 25.7 Å². The number of para-hydroxylation sites is 1. The van der Waals surface area contributed by atoms with Crippen molar-refractivity contribution in [2.75, 3.05) is 33.8 Å². The zero-order valence-electron chi connectivity index (χ0n) is 15.6. The van der Waals surface area contributed by atoms with E-state index in [0.717, 1.165) is 15.8 Å². The quantitative estimate of drug-likeness (QED) is 0.382. The number of carbonyl (C=O) groups excluding carboxylic acids is 1. The van der Waals surface area contributed by atoms with Crippen LogP contribution in [0.15, 0.2) is 64.1 Å². The number of rotatable bonds is 8. The van der Waals surface area contributed by atoms with Gasteiger partial charge in [0.1, 0.15) is 12.4 Å². The topological polar surface area (TPSA) is 66.0 Å². The van der Waals surface area contributed by atoms with Gasteiger partial charge in [0.25, 0.3) is 0 Å². The number of likely N-dealkylation sites (N-methyl/N-ethyl adjacent to an activating group) is 1. The lowest BCUT2D eigenvalue weighted by Crippen LogP contribution is -2.44. The Morgan fingerprint density at radius 3 is 2.44 bits per heavy atom. The van der Waals surface area contributed by atoms with Gasteiger partial charge in [-0.2, -0.15) is 0 Å². The molecular weight excluding hydrogens is 408 g/mol. The molecule has 0 aliphatic rings. The number of halogens is 1. The van der Waals surface area contributed by atoms with Gasteiger partial charge in [-0.05, 0) is 29.8 Å². The monoisotopic (exact) mass is 432 g/mol. The van der Waals surface area contributed by atoms with Crippen molar-refractivity contribution in [3.05, 3.63) is 64.6 Å². The molecule has 0 heterocycles. The Balaban J connectivity index is 1.88. The summed E-state index contributed by atoms with van der Waals surface area (Å²) in [6.07, 6.45) is 0. The first-order valence-electron chi connectivity index (χ1n) is 8.69. The van der Waals surface area contributed by atoms with Gasteiger partial charge in [0.15, 0.2) is 5.96 Å². The average Bonchev–Trinajstić information content (AvgIpc) is 2.68. The van der Waals surface area contributed by atoms with Gasteiger partial charge in [-0.15, -0.1) is 0 Å². The van der Waals surface area contributed by atoms with Crippen molar-refractivity contribution in [3.8, 4) is 5.75 Å². The average molecular weight is 433 g/mol. The molecule has 7 heteroatoms. The standard InChI is InChI=1S/C20H25BrN4O2/c1-25(2)19(26)15-24-20(23-14-16-8-10-17(21)11-9-16)22-12-13-27-18-6-4-3-5-7-18/h3-11H,12-15H2,1-2H3,(H2,22,23,24). The van der Waals surface area contributed by atoms with E-state index in [-0.39, 0.29) is 12.5 Å². The van der Waals surface area contributed by atoms with Gasteiger partial charge in [-0.3, -0.25) is 4.79 Å². The van der Waals surface area contributed by atoms with Crippen molar-refractivity contribution < 1.29 is 9.53 Å². The zero-order valence-corrected chi connectivity index (χ0v) is 17.2. The van der Waals surface area contributed by atoms with Gasteiger partial charge in [-0.25, -0.2) is 4.99 Å². The van der Waals surface area contributed by atoms with Crippen LogP contribution in [0.4, 0.5) is 0 Å². The Hall–Kier alpha value is -2.54. The number of benzene rings is 2. The number of hydrogen-bond acceptors (Lipinski definition) is 3. The second kappa shape index (κ2) is 11.2. The minimum absolute atomic E-state index is 0.0197. The molecule has 0 aliphatic heterocycles. The maximum Gasteiger partial charge on any atom is 0.241 e. The summed E-state index contributed by atoms with van der Waals surface area (Å²) < 4.78 is 6.70. The van der Waals surface area contributed by atoms with Crippen LogP contribution in [-0.4, -0.2) is 50.6 Å². The van der Waals surface area contributed by atoms with E-state index in [1.807, 2.05) is 54.6 Å². The van der Waals surface area contributed by atoms with Crippen molar-refractivity contribution in [3.63, 3.8) is 0 Å². The number of nitrogens with zero attached hydrogens (tertiary/aromatic N) is 2. The Morgan fingerprint density at radius 1 is 1.07 bits per heavy atom. The molecule has 0 unspecified atom stereocenters. The van der Waals surface area contributed by atoms with Crippen LogP contribution >= 0.6 is 15.9 Å². The second-order valence-electron chi connectivity index (χ2n) is 6.02. The van der Waals surface area contributed by atoms with Crippen LogP contribution in [0.1, 0.15) is 5.56 Å². The summed E-state index contributed by atoms with van der Waals surface area (Å²) in [4.78, 5) is 17.9. The molecule has 144 valence electrons. The summed E-state index contributed by atoms with van der Waals surface area (Å²) in [6, 6.07) is 17.6. The first kappa shape index (κ1) is 20.8. The molecule has 6 nitrogen and oxygen atoms in total. The van der Waals surface area contributed by atoms with E-state index in [1.165, 1.54) is 4.90 Å². The highest BCUT2D eigenvalue weighted by Crippen LogP contribution is 2.11. The van der Waals surface area contributed by atoms with Gasteiger partial charge in [0.2, 0.25) is 5.91 Å². The summed E-state index contributed by atoms with van der Waals surface area (Å²) in [6.45, 7) is 1.75. The Morgan fingerprint density at radius 2 is 1.78 bits per heavy atom. The van der Waals surface area contributed by atoms with Gasteiger partial charge in [0, 0.05) is 18.6 Å². The number of nitrogens with one attached hydrogen (secondary N) is 2. The Labute approximate surface area is 168 Å². The number of hydrogen-bond donors (Lipinski definition) is 2. The van der Waals surface area contributed by atoms with Crippen LogP contribution < -0.4 is 15.4 Å². The summed E-state index contributed by atoms with van der Waals surface area (Å²) in [5.74, 6) is 1.38. The minimum Gasteiger partial charge on any atom is -0.492 e. The van der Waals surface area contributed by atoms with Gasteiger partial charge >= 0.3 is 0 Å². The summed E-state index contributed by atoms with van der Waals surface area (Å²) in [5.41, 5.74) is 1.08. The molecule has 0 aliphatic carbocycles. The SMILES string of the molecule is CN(C)C(=O)CNC(=NCc1ccc(Br)cc1)NCCOc1ccccc1. The van der Waals surface area contributed by atoms with Crippen molar-refractivity contribution >= 4 is 27.8 Å². The highest BCUT2D eigenvalue weighted by molar-refractivity contribution is 9.10. The molecule has 27 heavy (non-hydrogen) atoms. The third kappa shape index (κ3) is 8.13. The molecule has 0 radical (unpaired) electrons. The van der Waals surface area contributed by atoms with Crippen molar-refractivity contribution in [1.29, 1.82) is 0 Å². The second-order valence-corrected chi connectivity index (χ2v) is 6.94. The molecular formula is C20H25BrN4O2. The van der Waals surface area contributed by atoms with Gasteiger partial charge < -0.3 is 20.3 Å². The third-order valence-electron chi connectivity index (χ3n) is 3.65. The maximum atomic E-state index is 11.8. The first-order valence-corrected chi connectivity index (χ1v) is 9.48. The molecule has 2 N–H and O–H groups in total. The lowest BCUT2D eigenvalue weighted by atomic mass is 10.2. The maximum absolute atomic E-state index is 11.8. The van der Waals surface area contributed by atoms with Crippen molar-refractivity contribution in [2.45, 2.75) is 6.54 Å². The van der Waals surface area contributed by atoms with Crippen LogP contribution in [0, 0.1) is 0 Å². The molecule has 2 aromatic carbocycles. The molecule has 0 aromatic heterocycles. The number of guanidine groups is 1. The summed E-state index contributed by atoms with van der Waals surface area (Å²) in [5, 5.41) is 6.26. The van der Waals surface area contributed by atoms with Crippen LogP contribution in [0.5, 0.6) is 5.75 Å². The van der Waals surface area contributed by atoms with E-state index in [2.05, 4.69) is 31.6 Å². The van der Waals surface area contributed by atoms with E-state index in [9.17, 15) is 4.79 Å². The molecule has 0 fully saturated rings.